The van der Waals surface area contributed by atoms with E-state index in [9.17, 15) is 0 Å². The molecule has 0 atom stereocenters. The molecule has 5 nitrogen and oxygen atoms in total. The number of fused-ring (bicyclic) bond motifs is 3. The maximum atomic E-state index is 6.69. The van der Waals surface area contributed by atoms with Crippen molar-refractivity contribution in [2.24, 2.45) is 0 Å². The smallest absolute Gasteiger partial charge is 0.267 e. The van der Waals surface area contributed by atoms with Crippen LogP contribution < -0.4 is 9.30 Å². The molecule has 6 heteroatoms. The first-order valence-corrected chi connectivity index (χ1v) is 19.0. The molecule has 0 unspecified atom stereocenters. The van der Waals surface area contributed by atoms with Gasteiger partial charge in [0.2, 0.25) is 0 Å². The molecule has 0 amide bonds. The summed E-state index contributed by atoms with van der Waals surface area (Å²) in [5.74, 6) is 2.03. The van der Waals surface area contributed by atoms with Crippen molar-refractivity contribution in [3.8, 4) is 39.8 Å². The number of para-hydroxylation sites is 1. The van der Waals surface area contributed by atoms with E-state index in [4.69, 9.17) is 9.72 Å². The predicted octanol–water partition coefficient (Wildman–Crippen LogP) is 12.0. The Morgan fingerprint density at radius 3 is 1.98 bits per heavy atom. The van der Waals surface area contributed by atoms with E-state index in [0.717, 1.165) is 50.1 Å². The van der Waals surface area contributed by atoms with Crippen molar-refractivity contribution in [2.45, 2.75) is 78.6 Å². The zero-order chi connectivity index (χ0) is 38.7. The molecule has 0 aliphatic rings. The average molecular weight is 916 g/mol. The number of nitrogens with zero attached hydrogens (tertiary/aromatic N) is 4. The largest absolute Gasteiger partial charge is 0.510 e. The summed E-state index contributed by atoms with van der Waals surface area (Å²) < 4.78 is 12.9. The molecule has 5 aromatic carbocycles. The number of aromatic nitrogens is 4. The van der Waals surface area contributed by atoms with Crippen molar-refractivity contribution in [1.29, 1.82) is 0 Å². The summed E-state index contributed by atoms with van der Waals surface area (Å²) in [5.41, 5.74) is 9.76. The third-order valence-corrected chi connectivity index (χ3v) is 10.3. The summed E-state index contributed by atoms with van der Waals surface area (Å²) in [6.07, 6.45) is 9.56. The second-order valence-corrected chi connectivity index (χ2v) is 17.6. The predicted molar refractivity (Wildman–Crippen MR) is 224 cm³/mol. The van der Waals surface area contributed by atoms with Gasteiger partial charge in [-0.25, -0.2) is 4.98 Å². The Balaban J connectivity index is 0.00000480. The van der Waals surface area contributed by atoms with E-state index in [2.05, 4.69) is 187 Å². The molecule has 286 valence electrons. The van der Waals surface area contributed by atoms with E-state index in [0.29, 0.717) is 11.5 Å². The minimum Gasteiger partial charge on any atom is -0.510 e. The van der Waals surface area contributed by atoms with Crippen molar-refractivity contribution in [3.63, 3.8) is 0 Å². The maximum Gasteiger partial charge on any atom is 0.267 e. The van der Waals surface area contributed by atoms with E-state index in [1.54, 1.807) is 0 Å². The molecular formula is C50H48N4OPt-2. The fourth-order valence-electron chi connectivity index (χ4n) is 7.02. The number of ether oxygens (including phenoxy) is 1. The molecule has 0 saturated carbocycles. The van der Waals surface area contributed by atoms with E-state index in [1.807, 2.05) is 35.2 Å². The van der Waals surface area contributed by atoms with Crippen molar-refractivity contribution in [1.82, 2.24) is 14.1 Å². The van der Waals surface area contributed by atoms with Crippen molar-refractivity contribution in [2.75, 3.05) is 0 Å². The minimum absolute atomic E-state index is 0. The van der Waals surface area contributed by atoms with Gasteiger partial charge in [-0.3, -0.25) is 4.57 Å². The zero-order valence-corrected chi connectivity index (χ0v) is 35.9. The maximum absolute atomic E-state index is 6.69. The summed E-state index contributed by atoms with van der Waals surface area (Å²) in [7, 11) is 0. The Kier molecular flexibility index (Phi) is 10.2. The van der Waals surface area contributed by atoms with Gasteiger partial charge in [-0.05, 0) is 79.9 Å². The number of hydrogen-bond donors (Lipinski definition) is 0. The van der Waals surface area contributed by atoms with Crippen LogP contribution in [0.5, 0.6) is 11.5 Å². The van der Waals surface area contributed by atoms with E-state index in [-0.39, 0.29) is 37.3 Å². The van der Waals surface area contributed by atoms with Gasteiger partial charge in [0.05, 0.1) is 5.69 Å². The van der Waals surface area contributed by atoms with Crippen LogP contribution in [0.3, 0.4) is 0 Å². The SMILES string of the molecule is CC(C)(C)c1cc(-[n+]2[c-]n(-c3[c-]c(Oc4[c-]c5c(cc4)c4ccccc4n5-c4cc(C(C)(C)C)ccn4)cc(-c4ccccc4)c3)cc2)cc(C(C)(C)C)c1.[Pt]. The van der Waals surface area contributed by atoms with E-state index >= 15 is 0 Å². The summed E-state index contributed by atoms with van der Waals surface area (Å²) in [6.45, 7) is 20.3. The third kappa shape index (κ3) is 7.75. The van der Waals surface area contributed by atoms with Crippen LogP contribution in [0, 0.1) is 18.5 Å². The van der Waals surface area contributed by atoms with Crippen LogP contribution in [0.1, 0.15) is 79.0 Å². The minimum atomic E-state index is -0.0198. The molecule has 8 rings (SSSR count). The molecule has 0 saturated heterocycles. The van der Waals surface area contributed by atoms with Crippen LogP contribution in [-0.2, 0) is 37.3 Å². The first-order valence-electron chi connectivity index (χ1n) is 19.0. The van der Waals surface area contributed by atoms with Gasteiger partial charge in [-0.1, -0.05) is 122 Å². The molecule has 3 heterocycles. The van der Waals surface area contributed by atoms with Gasteiger partial charge in [0.15, 0.2) is 0 Å². The number of hydrogen-bond acceptors (Lipinski definition) is 2. The number of rotatable bonds is 6. The standard InChI is InChI=1S/C50H48N4O.Pt/c1-48(2,3)36-21-22-51-47(30-36)54-45-18-14-13-17-43(45)44-20-19-41(32-46(44)54)55-42-26-35(34-15-11-10-12-16-34)25-39(31-42)52-23-24-53(33-52)40-28-37(49(4,5)6)27-38(29-40)50(7,8)9;/h10-30H,1-9H3;/q-2;. The van der Waals surface area contributed by atoms with Gasteiger partial charge in [-0.2, -0.15) is 12.1 Å². The van der Waals surface area contributed by atoms with Crippen LogP contribution in [0.2, 0.25) is 0 Å². The van der Waals surface area contributed by atoms with Crippen LogP contribution >= 0.6 is 0 Å². The van der Waals surface area contributed by atoms with E-state index < -0.39 is 0 Å². The topological polar surface area (TPSA) is 35.9 Å². The van der Waals surface area contributed by atoms with Crippen LogP contribution in [0.25, 0.3) is 50.1 Å². The Morgan fingerprint density at radius 2 is 1.29 bits per heavy atom. The van der Waals surface area contributed by atoms with Gasteiger partial charge in [0.25, 0.3) is 6.33 Å². The Hall–Kier alpha value is -5.25. The number of benzene rings is 5. The van der Waals surface area contributed by atoms with Crippen LogP contribution in [0.15, 0.2) is 128 Å². The van der Waals surface area contributed by atoms with Crippen LogP contribution in [0.4, 0.5) is 0 Å². The monoisotopic (exact) mass is 915 g/mol. The van der Waals surface area contributed by atoms with Crippen molar-refractivity contribution in [3.05, 3.63) is 163 Å². The van der Waals surface area contributed by atoms with Gasteiger partial charge < -0.3 is 13.9 Å². The fourth-order valence-corrected chi connectivity index (χ4v) is 7.02. The molecule has 0 aliphatic carbocycles. The Morgan fingerprint density at radius 1 is 0.607 bits per heavy atom. The van der Waals surface area contributed by atoms with Crippen LogP contribution in [-0.4, -0.2) is 14.1 Å². The molecule has 3 aromatic heterocycles. The molecule has 0 aliphatic heterocycles. The van der Waals surface area contributed by atoms with E-state index in [1.165, 1.54) is 16.7 Å². The average Bonchev–Trinajstić information content (AvgIpc) is 3.78. The van der Waals surface area contributed by atoms with Crippen molar-refractivity contribution < 1.29 is 30.4 Å². The van der Waals surface area contributed by atoms with Gasteiger partial charge in [0.1, 0.15) is 5.82 Å². The molecule has 0 bridgehead atoms. The Bertz CT molecular complexity index is 2650. The normalized spacial score (nSPS) is 12.2. The molecule has 0 fully saturated rings. The van der Waals surface area contributed by atoms with Crippen molar-refractivity contribution >= 4 is 21.8 Å². The Labute approximate surface area is 345 Å². The second-order valence-electron chi connectivity index (χ2n) is 17.6. The molecule has 0 spiro atoms. The molecular weight excluding hydrogens is 868 g/mol. The first-order chi connectivity index (χ1) is 26.1. The summed E-state index contributed by atoms with van der Waals surface area (Å²) in [5, 5.41) is 2.23. The molecule has 56 heavy (non-hydrogen) atoms. The quantitative estimate of drug-likeness (QED) is 0.123. The van der Waals surface area contributed by atoms with Gasteiger partial charge >= 0.3 is 0 Å². The number of imidazole rings is 1. The summed E-state index contributed by atoms with van der Waals surface area (Å²) in [6, 6.07) is 45.5. The fraction of sp³-hybridized carbons (Fsp3) is 0.240. The third-order valence-electron chi connectivity index (χ3n) is 10.3. The van der Waals surface area contributed by atoms with Gasteiger partial charge in [0, 0.05) is 56.7 Å². The summed E-state index contributed by atoms with van der Waals surface area (Å²) in [4.78, 5) is 4.84. The molecule has 0 radical (unpaired) electrons. The molecule has 0 N–H and O–H groups in total. The number of pyridine rings is 1. The second kappa shape index (κ2) is 14.7. The van der Waals surface area contributed by atoms with Gasteiger partial charge in [-0.15, -0.1) is 35.2 Å². The first kappa shape index (κ1) is 39.0. The summed E-state index contributed by atoms with van der Waals surface area (Å²) >= 11 is 0. The zero-order valence-electron chi connectivity index (χ0n) is 33.6. The molecule has 8 aromatic rings.